The van der Waals surface area contributed by atoms with E-state index in [9.17, 15) is 0 Å². The summed E-state index contributed by atoms with van der Waals surface area (Å²) in [7, 11) is 0. The van der Waals surface area contributed by atoms with E-state index in [0.29, 0.717) is 11.5 Å². The fraction of sp³-hybridized carbons (Fsp3) is 0.818. The van der Waals surface area contributed by atoms with E-state index in [0.717, 1.165) is 0 Å². The van der Waals surface area contributed by atoms with E-state index in [-0.39, 0.29) is 0 Å². The van der Waals surface area contributed by atoms with Crippen molar-refractivity contribution in [2.45, 2.75) is 54.0 Å². The molecule has 0 fully saturated rings. The molecule has 1 heteroatoms. The van der Waals surface area contributed by atoms with E-state index < -0.39 is 0 Å². The van der Waals surface area contributed by atoms with Gasteiger partial charge in [0, 0.05) is 17.2 Å². The average molecular weight is 169 g/mol. The van der Waals surface area contributed by atoms with Crippen LogP contribution in [-0.2, 0) is 0 Å². The van der Waals surface area contributed by atoms with E-state index in [1.807, 2.05) is 0 Å². The Morgan fingerprint density at radius 3 is 2.17 bits per heavy atom. The van der Waals surface area contributed by atoms with Crippen LogP contribution < -0.4 is 5.32 Å². The van der Waals surface area contributed by atoms with Gasteiger partial charge in [-0.25, -0.2) is 0 Å². The molecule has 1 N–H and O–H groups in total. The van der Waals surface area contributed by atoms with Crippen molar-refractivity contribution in [2.24, 2.45) is 5.41 Å². The van der Waals surface area contributed by atoms with Crippen molar-refractivity contribution in [1.29, 1.82) is 0 Å². The third-order valence-corrected chi connectivity index (χ3v) is 2.35. The molecule has 0 bridgehead atoms. The van der Waals surface area contributed by atoms with Crippen LogP contribution in [0.5, 0.6) is 0 Å². The molecular weight excluding hydrogens is 146 g/mol. The Labute approximate surface area is 77.2 Å². The van der Waals surface area contributed by atoms with Gasteiger partial charge in [-0.3, -0.25) is 0 Å². The van der Waals surface area contributed by atoms with Crippen molar-refractivity contribution >= 4 is 0 Å². The SMILES string of the molecule is C/C=C(\NC(C)C)C(C)(C)CC. The zero-order valence-corrected chi connectivity index (χ0v) is 9.36. The van der Waals surface area contributed by atoms with Gasteiger partial charge in [-0.05, 0) is 27.2 Å². The van der Waals surface area contributed by atoms with Crippen molar-refractivity contribution in [3.8, 4) is 0 Å². The smallest absolute Gasteiger partial charge is 0.0201 e. The fourth-order valence-corrected chi connectivity index (χ4v) is 1.17. The van der Waals surface area contributed by atoms with Gasteiger partial charge in [0.05, 0.1) is 0 Å². The van der Waals surface area contributed by atoms with Gasteiger partial charge in [-0.2, -0.15) is 0 Å². The van der Waals surface area contributed by atoms with Crippen LogP contribution in [0.4, 0.5) is 0 Å². The summed E-state index contributed by atoms with van der Waals surface area (Å²) in [6.07, 6.45) is 3.36. The Balaban J connectivity index is 4.36. The topological polar surface area (TPSA) is 12.0 Å². The third kappa shape index (κ3) is 3.29. The highest BCUT2D eigenvalue weighted by molar-refractivity contribution is 5.09. The van der Waals surface area contributed by atoms with E-state index >= 15 is 0 Å². The minimum atomic E-state index is 0.291. The standard InChI is InChI=1S/C11H23N/c1-7-10(12-9(3)4)11(5,6)8-2/h7,9,12H,8H2,1-6H3/b10-7-. The first-order chi connectivity index (χ1) is 5.44. The lowest BCUT2D eigenvalue weighted by Crippen LogP contribution is -2.31. The monoisotopic (exact) mass is 169 g/mol. The van der Waals surface area contributed by atoms with Crippen LogP contribution in [-0.4, -0.2) is 6.04 Å². The van der Waals surface area contributed by atoms with E-state index in [2.05, 4.69) is 52.9 Å². The second-order valence-electron chi connectivity index (χ2n) is 4.24. The van der Waals surface area contributed by atoms with Gasteiger partial charge in [0.2, 0.25) is 0 Å². The van der Waals surface area contributed by atoms with Gasteiger partial charge in [0.1, 0.15) is 0 Å². The van der Waals surface area contributed by atoms with Gasteiger partial charge < -0.3 is 5.32 Å². The summed E-state index contributed by atoms with van der Waals surface area (Å²) in [5.74, 6) is 0. The molecule has 0 amide bonds. The highest BCUT2D eigenvalue weighted by atomic mass is 14.9. The lowest BCUT2D eigenvalue weighted by Gasteiger charge is -2.29. The fourth-order valence-electron chi connectivity index (χ4n) is 1.17. The maximum absolute atomic E-state index is 3.48. The highest BCUT2D eigenvalue weighted by Crippen LogP contribution is 2.27. The molecule has 72 valence electrons. The van der Waals surface area contributed by atoms with Crippen LogP contribution >= 0.6 is 0 Å². The molecule has 0 atom stereocenters. The highest BCUT2D eigenvalue weighted by Gasteiger charge is 2.20. The van der Waals surface area contributed by atoms with Crippen LogP contribution in [0, 0.1) is 5.41 Å². The molecule has 0 rings (SSSR count). The van der Waals surface area contributed by atoms with Crippen molar-refractivity contribution in [3.05, 3.63) is 11.8 Å². The minimum Gasteiger partial charge on any atom is -0.386 e. The zero-order valence-electron chi connectivity index (χ0n) is 9.36. The molecule has 0 aliphatic heterocycles. The largest absolute Gasteiger partial charge is 0.386 e. The zero-order chi connectivity index (χ0) is 9.78. The van der Waals surface area contributed by atoms with Gasteiger partial charge in [-0.1, -0.05) is 26.8 Å². The summed E-state index contributed by atoms with van der Waals surface area (Å²) >= 11 is 0. The molecule has 0 radical (unpaired) electrons. The molecule has 0 saturated carbocycles. The van der Waals surface area contributed by atoms with Gasteiger partial charge >= 0.3 is 0 Å². The second kappa shape index (κ2) is 4.54. The summed E-state index contributed by atoms with van der Waals surface area (Å²) in [5.41, 5.74) is 1.65. The van der Waals surface area contributed by atoms with Crippen LogP contribution in [0.25, 0.3) is 0 Å². The third-order valence-electron chi connectivity index (χ3n) is 2.35. The maximum Gasteiger partial charge on any atom is 0.0201 e. The first-order valence-corrected chi connectivity index (χ1v) is 4.87. The van der Waals surface area contributed by atoms with E-state index in [4.69, 9.17) is 0 Å². The molecule has 0 unspecified atom stereocenters. The first-order valence-electron chi connectivity index (χ1n) is 4.87. The summed E-state index contributed by atoms with van der Waals surface area (Å²) in [5, 5.41) is 3.48. The van der Waals surface area contributed by atoms with Gasteiger partial charge in [-0.15, -0.1) is 0 Å². The first kappa shape index (κ1) is 11.5. The summed E-state index contributed by atoms with van der Waals surface area (Å²) in [6.45, 7) is 13.2. The molecule has 0 saturated heterocycles. The maximum atomic E-state index is 3.48. The summed E-state index contributed by atoms with van der Waals surface area (Å²) in [6, 6.07) is 0.530. The number of allylic oxidation sites excluding steroid dienone is 2. The minimum absolute atomic E-state index is 0.291. The Kier molecular flexibility index (Phi) is 4.36. The molecular formula is C11H23N. The van der Waals surface area contributed by atoms with Crippen LogP contribution in [0.2, 0.25) is 0 Å². The van der Waals surface area contributed by atoms with Crippen molar-refractivity contribution in [3.63, 3.8) is 0 Å². The Morgan fingerprint density at radius 2 is 1.92 bits per heavy atom. The summed E-state index contributed by atoms with van der Waals surface area (Å²) in [4.78, 5) is 0. The van der Waals surface area contributed by atoms with Crippen LogP contribution in [0.3, 0.4) is 0 Å². The normalized spacial score (nSPS) is 13.8. The molecule has 0 aromatic carbocycles. The molecule has 0 aromatic heterocycles. The van der Waals surface area contributed by atoms with Crippen LogP contribution in [0.1, 0.15) is 48.0 Å². The van der Waals surface area contributed by atoms with Crippen molar-refractivity contribution < 1.29 is 0 Å². The quantitative estimate of drug-likeness (QED) is 0.680. The molecule has 0 heterocycles. The van der Waals surface area contributed by atoms with Crippen LogP contribution in [0.15, 0.2) is 11.8 Å². The second-order valence-corrected chi connectivity index (χ2v) is 4.24. The molecule has 1 nitrogen and oxygen atoms in total. The Hall–Kier alpha value is -0.460. The predicted molar refractivity (Wildman–Crippen MR) is 56.1 cm³/mol. The van der Waals surface area contributed by atoms with E-state index in [1.165, 1.54) is 12.1 Å². The number of hydrogen-bond donors (Lipinski definition) is 1. The van der Waals surface area contributed by atoms with Crippen molar-refractivity contribution in [1.82, 2.24) is 5.32 Å². The van der Waals surface area contributed by atoms with E-state index in [1.54, 1.807) is 0 Å². The lowest BCUT2D eigenvalue weighted by atomic mass is 9.86. The Morgan fingerprint density at radius 1 is 1.42 bits per heavy atom. The number of nitrogens with one attached hydrogen (secondary N) is 1. The molecule has 0 aliphatic rings. The van der Waals surface area contributed by atoms with Gasteiger partial charge in [0.15, 0.2) is 0 Å². The molecule has 12 heavy (non-hydrogen) atoms. The predicted octanol–water partition coefficient (Wildman–Crippen LogP) is 3.32. The number of rotatable bonds is 4. The molecule has 0 aromatic rings. The average Bonchev–Trinajstić information content (AvgIpc) is 1.99. The van der Waals surface area contributed by atoms with Crippen molar-refractivity contribution in [2.75, 3.05) is 0 Å². The Bertz CT molecular complexity index is 154. The molecule has 0 aliphatic carbocycles. The lowest BCUT2D eigenvalue weighted by molar-refractivity contribution is 0.386. The number of hydrogen-bond acceptors (Lipinski definition) is 1. The van der Waals surface area contributed by atoms with Gasteiger partial charge in [0.25, 0.3) is 0 Å². The summed E-state index contributed by atoms with van der Waals surface area (Å²) < 4.78 is 0. The molecule has 0 spiro atoms.